The molecule has 1 heterocycles. The lowest BCUT2D eigenvalue weighted by Crippen LogP contribution is -2.35. The molecule has 1 aliphatic rings. The van der Waals surface area contributed by atoms with Gasteiger partial charge in [-0.15, -0.1) is 0 Å². The fourth-order valence-corrected chi connectivity index (χ4v) is 3.09. The van der Waals surface area contributed by atoms with E-state index in [4.69, 9.17) is 4.74 Å². The summed E-state index contributed by atoms with van der Waals surface area (Å²) in [4.78, 5) is 25.5. The summed E-state index contributed by atoms with van der Waals surface area (Å²) < 4.78 is 18.4. The molecule has 5 nitrogen and oxygen atoms in total. The first-order valence-electron chi connectivity index (χ1n) is 8.55. The van der Waals surface area contributed by atoms with E-state index in [2.05, 4.69) is 5.32 Å². The highest BCUT2D eigenvalue weighted by Crippen LogP contribution is 2.23. The van der Waals surface area contributed by atoms with Crippen molar-refractivity contribution in [1.29, 1.82) is 0 Å². The van der Waals surface area contributed by atoms with E-state index in [1.54, 1.807) is 23.1 Å². The minimum absolute atomic E-state index is 0.172. The van der Waals surface area contributed by atoms with Gasteiger partial charge in [0.15, 0.2) is 0 Å². The largest absolute Gasteiger partial charge is 0.453 e. The number of fused-ring (bicyclic) bond motifs is 1. The van der Waals surface area contributed by atoms with Crippen LogP contribution < -0.4 is 5.32 Å². The Morgan fingerprint density at radius 1 is 1.19 bits per heavy atom. The molecule has 0 aliphatic carbocycles. The second kappa shape index (κ2) is 7.99. The number of nitrogens with zero attached hydrogens (tertiary/aromatic N) is 1. The number of benzene rings is 2. The van der Waals surface area contributed by atoms with Gasteiger partial charge in [-0.05, 0) is 47.7 Å². The van der Waals surface area contributed by atoms with Crippen LogP contribution in [0.4, 0.5) is 14.9 Å². The highest BCUT2D eigenvalue weighted by molar-refractivity contribution is 5.91. The van der Waals surface area contributed by atoms with Gasteiger partial charge < -0.3 is 15.0 Å². The van der Waals surface area contributed by atoms with Gasteiger partial charge in [0.25, 0.3) is 0 Å². The lowest BCUT2D eigenvalue weighted by Gasteiger charge is -2.28. The van der Waals surface area contributed by atoms with E-state index >= 15 is 0 Å². The van der Waals surface area contributed by atoms with Crippen LogP contribution in [-0.4, -0.2) is 30.6 Å². The fourth-order valence-electron chi connectivity index (χ4n) is 3.09. The molecule has 2 aromatic carbocycles. The Hall–Kier alpha value is -2.89. The monoisotopic (exact) mass is 356 g/mol. The Morgan fingerprint density at radius 3 is 2.77 bits per heavy atom. The molecule has 136 valence electrons. The fraction of sp³-hybridized carbons (Fsp3) is 0.300. The zero-order chi connectivity index (χ0) is 18.5. The third kappa shape index (κ3) is 4.20. The van der Waals surface area contributed by atoms with Crippen molar-refractivity contribution in [1.82, 2.24) is 4.90 Å². The van der Waals surface area contributed by atoms with Crippen molar-refractivity contribution in [2.75, 3.05) is 19.0 Å². The van der Waals surface area contributed by atoms with Crippen LogP contribution in [0.25, 0.3) is 0 Å². The van der Waals surface area contributed by atoms with Gasteiger partial charge in [-0.2, -0.15) is 0 Å². The highest BCUT2D eigenvalue weighted by Gasteiger charge is 2.21. The molecule has 3 rings (SSSR count). The van der Waals surface area contributed by atoms with Gasteiger partial charge in [0.05, 0.1) is 7.11 Å². The molecule has 0 unspecified atom stereocenters. The number of anilines is 1. The van der Waals surface area contributed by atoms with Crippen molar-refractivity contribution in [3.8, 4) is 0 Å². The summed E-state index contributed by atoms with van der Waals surface area (Å²) >= 11 is 0. The van der Waals surface area contributed by atoms with Gasteiger partial charge in [-0.1, -0.05) is 24.3 Å². The lowest BCUT2D eigenvalue weighted by molar-refractivity contribution is -0.116. The summed E-state index contributed by atoms with van der Waals surface area (Å²) in [5, 5.41) is 2.84. The molecule has 0 fully saturated rings. The molecule has 0 spiro atoms. The minimum atomic E-state index is -0.352. The number of rotatable bonds is 4. The summed E-state index contributed by atoms with van der Waals surface area (Å²) in [7, 11) is 1.37. The van der Waals surface area contributed by atoms with Crippen molar-refractivity contribution >= 4 is 17.7 Å². The second-order valence-electron chi connectivity index (χ2n) is 6.26. The molecule has 0 saturated heterocycles. The summed E-state index contributed by atoms with van der Waals surface area (Å²) in [6, 6.07) is 12.2. The molecular weight excluding hydrogens is 335 g/mol. The van der Waals surface area contributed by atoms with Gasteiger partial charge >= 0.3 is 6.09 Å². The Balaban J connectivity index is 1.61. The van der Waals surface area contributed by atoms with Crippen LogP contribution in [0.2, 0.25) is 0 Å². The van der Waals surface area contributed by atoms with Crippen LogP contribution in [0.1, 0.15) is 23.1 Å². The molecule has 2 aromatic rings. The molecule has 0 atom stereocenters. The van der Waals surface area contributed by atoms with Gasteiger partial charge in [0, 0.05) is 25.2 Å². The maximum Gasteiger partial charge on any atom is 0.409 e. The molecule has 0 bridgehead atoms. The van der Waals surface area contributed by atoms with E-state index in [-0.39, 0.29) is 24.2 Å². The van der Waals surface area contributed by atoms with E-state index in [1.165, 1.54) is 13.2 Å². The Kier molecular flexibility index (Phi) is 5.51. The number of methoxy groups -OCH3 is 1. The second-order valence-corrected chi connectivity index (χ2v) is 6.26. The molecule has 1 N–H and O–H groups in total. The zero-order valence-electron chi connectivity index (χ0n) is 14.6. The molecule has 0 radical (unpaired) electrons. The number of carbonyl (C=O) groups excluding carboxylic acids is 2. The number of nitrogens with one attached hydrogen (secondary N) is 1. The molecule has 26 heavy (non-hydrogen) atoms. The average molecular weight is 356 g/mol. The smallest absolute Gasteiger partial charge is 0.409 e. The minimum Gasteiger partial charge on any atom is -0.453 e. The first-order chi connectivity index (χ1) is 12.6. The van der Waals surface area contributed by atoms with E-state index < -0.39 is 0 Å². The topological polar surface area (TPSA) is 58.6 Å². The summed E-state index contributed by atoms with van der Waals surface area (Å²) in [6.07, 6.45) is 0.952. The number of amides is 2. The van der Waals surface area contributed by atoms with Crippen molar-refractivity contribution in [2.45, 2.75) is 25.8 Å². The van der Waals surface area contributed by atoms with Crippen LogP contribution in [0, 0.1) is 5.82 Å². The maximum absolute atomic E-state index is 13.6. The van der Waals surface area contributed by atoms with E-state index in [0.29, 0.717) is 30.8 Å². The van der Waals surface area contributed by atoms with Crippen molar-refractivity contribution in [3.63, 3.8) is 0 Å². The predicted molar refractivity (Wildman–Crippen MR) is 96.3 cm³/mol. The number of hydrogen-bond acceptors (Lipinski definition) is 3. The molecule has 6 heteroatoms. The predicted octanol–water partition coefficient (Wildman–Crippen LogP) is 3.52. The van der Waals surface area contributed by atoms with E-state index in [9.17, 15) is 14.0 Å². The number of halogens is 1. The first kappa shape index (κ1) is 17.9. The Labute approximate surface area is 151 Å². The zero-order valence-corrected chi connectivity index (χ0v) is 14.6. The average Bonchev–Trinajstić information content (AvgIpc) is 2.66. The quantitative estimate of drug-likeness (QED) is 0.912. The van der Waals surface area contributed by atoms with Crippen LogP contribution >= 0.6 is 0 Å². The Bertz CT molecular complexity index is 822. The van der Waals surface area contributed by atoms with Crippen LogP contribution in [0.5, 0.6) is 0 Å². The molecular formula is C20H21FN2O3. The number of aryl methyl sites for hydroxylation is 1. The molecule has 2 amide bonds. The van der Waals surface area contributed by atoms with Crippen molar-refractivity contribution in [3.05, 3.63) is 65.0 Å². The summed E-state index contributed by atoms with van der Waals surface area (Å²) in [5.41, 5.74) is 3.36. The Morgan fingerprint density at radius 2 is 2.00 bits per heavy atom. The van der Waals surface area contributed by atoms with Gasteiger partial charge in [-0.3, -0.25) is 4.79 Å². The van der Waals surface area contributed by atoms with E-state index in [0.717, 1.165) is 17.5 Å². The lowest BCUT2D eigenvalue weighted by atomic mass is 9.99. The number of hydrogen-bond donors (Lipinski definition) is 1. The van der Waals surface area contributed by atoms with Gasteiger partial charge in [-0.25, -0.2) is 9.18 Å². The van der Waals surface area contributed by atoms with Gasteiger partial charge in [0.2, 0.25) is 5.91 Å². The van der Waals surface area contributed by atoms with Crippen LogP contribution in [-0.2, 0) is 28.9 Å². The van der Waals surface area contributed by atoms with Crippen LogP contribution in [0.3, 0.4) is 0 Å². The SMILES string of the molecule is COC(=O)N1CCc2ccc(NC(=O)CCc3ccccc3F)cc2C1. The standard InChI is InChI=1S/C20H21FN2O3/c1-26-20(25)23-11-10-14-6-8-17(12-16(14)13-23)22-19(24)9-7-15-4-2-3-5-18(15)21/h2-6,8,12H,7,9-11,13H2,1H3,(H,22,24). The third-order valence-electron chi connectivity index (χ3n) is 4.51. The van der Waals surface area contributed by atoms with Gasteiger partial charge in [0.1, 0.15) is 5.82 Å². The highest BCUT2D eigenvalue weighted by atomic mass is 19.1. The number of carbonyl (C=O) groups is 2. The molecule has 0 saturated carbocycles. The summed E-state index contributed by atoms with van der Waals surface area (Å²) in [5.74, 6) is -0.467. The van der Waals surface area contributed by atoms with E-state index in [1.807, 2.05) is 18.2 Å². The maximum atomic E-state index is 13.6. The van der Waals surface area contributed by atoms with Crippen molar-refractivity contribution < 1.29 is 18.7 Å². The van der Waals surface area contributed by atoms with Crippen LogP contribution in [0.15, 0.2) is 42.5 Å². The molecule has 1 aliphatic heterocycles. The normalized spacial score (nSPS) is 13.1. The first-order valence-corrected chi connectivity index (χ1v) is 8.55. The third-order valence-corrected chi connectivity index (χ3v) is 4.51. The number of ether oxygens (including phenoxy) is 1. The van der Waals surface area contributed by atoms with Crippen molar-refractivity contribution in [2.24, 2.45) is 0 Å². The molecule has 0 aromatic heterocycles. The summed E-state index contributed by atoms with van der Waals surface area (Å²) in [6.45, 7) is 1.08.